The second kappa shape index (κ2) is 21.0. The van der Waals surface area contributed by atoms with Crippen LogP contribution < -0.4 is 0 Å². The monoisotopic (exact) mass is 1040 g/mol. The van der Waals surface area contributed by atoms with E-state index in [9.17, 15) is 0 Å². The van der Waals surface area contributed by atoms with Gasteiger partial charge in [0.2, 0.25) is 5.71 Å². The second-order valence-electron chi connectivity index (χ2n) is 17.8. The van der Waals surface area contributed by atoms with Crippen molar-refractivity contribution in [2.45, 2.75) is 59.8 Å². The first kappa shape index (κ1) is 45.7. The maximum Gasteiger partial charge on any atom is 3.00 e. The second-order valence-corrected chi connectivity index (χ2v) is 17.8. The minimum Gasteiger partial charge on any atom is -0.486 e. The predicted octanol–water partition coefficient (Wildman–Crippen LogP) is 14.4. The molecular formula is C60H51IrN4O. The Labute approximate surface area is 402 Å². The molecule has 0 aliphatic heterocycles. The van der Waals surface area contributed by atoms with E-state index in [0.29, 0.717) is 5.71 Å². The zero-order valence-electron chi connectivity index (χ0n) is 37.8. The molecule has 0 radical (unpaired) electrons. The van der Waals surface area contributed by atoms with Gasteiger partial charge < -0.3 is 19.4 Å². The Morgan fingerprint density at radius 2 is 1.23 bits per heavy atom. The van der Waals surface area contributed by atoms with Crippen molar-refractivity contribution in [2.24, 2.45) is 5.41 Å². The molecule has 326 valence electrons. The molecule has 6 heteroatoms. The summed E-state index contributed by atoms with van der Waals surface area (Å²) >= 11 is 0. The fraction of sp³-hybridized carbons (Fsp3) is 0.167. The number of hydrogen-bond donors (Lipinski definition) is 0. The summed E-state index contributed by atoms with van der Waals surface area (Å²) in [7, 11) is 0. The van der Waals surface area contributed by atoms with Crippen molar-refractivity contribution >= 4 is 22.1 Å². The van der Waals surface area contributed by atoms with E-state index in [-0.39, 0.29) is 25.5 Å². The van der Waals surface area contributed by atoms with Crippen molar-refractivity contribution in [1.29, 1.82) is 0 Å². The summed E-state index contributed by atoms with van der Waals surface area (Å²) in [5, 5.41) is 2.08. The summed E-state index contributed by atoms with van der Waals surface area (Å²) in [6, 6.07) is 64.6. The third kappa shape index (κ3) is 11.1. The molecule has 5 aromatic heterocycles. The number of furan rings is 1. The van der Waals surface area contributed by atoms with Gasteiger partial charge in [0.05, 0.1) is 5.58 Å². The molecular weight excluding hydrogens is 985 g/mol. The van der Waals surface area contributed by atoms with E-state index in [1.807, 2.05) is 86.2 Å². The molecule has 0 amide bonds. The third-order valence-electron chi connectivity index (χ3n) is 11.6. The summed E-state index contributed by atoms with van der Waals surface area (Å²) in [5.74, 6) is 0. The summed E-state index contributed by atoms with van der Waals surface area (Å²) in [5.41, 5.74) is 17.6. The Balaban J connectivity index is 0.000000196. The number of fused-ring (bicyclic) bond motifs is 3. The van der Waals surface area contributed by atoms with Gasteiger partial charge in [-0.3, -0.25) is 0 Å². The molecule has 0 N–H and O–H groups in total. The van der Waals surface area contributed by atoms with E-state index >= 15 is 0 Å². The van der Waals surface area contributed by atoms with Gasteiger partial charge in [0.1, 0.15) is 0 Å². The van der Waals surface area contributed by atoms with Crippen molar-refractivity contribution in [3.63, 3.8) is 0 Å². The molecule has 0 atom stereocenters. The molecule has 5 nitrogen and oxygen atoms in total. The van der Waals surface area contributed by atoms with Crippen LogP contribution >= 0.6 is 0 Å². The molecule has 0 fully saturated rings. The summed E-state index contributed by atoms with van der Waals surface area (Å²) in [4.78, 5) is 18.2. The molecule has 10 aromatic rings. The SMILES string of the molecule is Cc1ccc2c(n1)oc1c(-c3cc(CC(C)(C)C)ccn3)[c-]ccc12.[Ir+3].[c-]1cc(CCc2ccccc2-c2ccccc2CCc2ccc(-c3[c-]cccc3)nc2)ccc1-c1ccccn1. The van der Waals surface area contributed by atoms with Crippen LogP contribution in [0.5, 0.6) is 0 Å². The van der Waals surface area contributed by atoms with Gasteiger partial charge >= 0.3 is 20.1 Å². The van der Waals surface area contributed by atoms with Crippen molar-refractivity contribution in [1.82, 2.24) is 19.9 Å². The molecule has 5 heterocycles. The Kier molecular flexibility index (Phi) is 14.5. The number of pyridine rings is 4. The summed E-state index contributed by atoms with van der Waals surface area (Å²) < 4.78 is 6.08. The van der Waals surface area contributed by atoms with Gasteiger partial charge in [-0.2, -0.15) is 0 Å². The molecule has 5 aromatic carbocycles. The Hall–Kier alpha value is -6.85. The van der Waals surface area contributed by atoms with Gasteiger partial charge in [0.15, 0.2) is 0 Å². The van der Waals surface area contributed by atoms with Crippen LogP contribution in [-0.2, 0) is 52.2 Å². The zero-order chi connectivity index (χ0) is 44.6. The third-order valence-corrected chi connectivity index (χ3v) is 11.6. The van der Waals surface area contributed by atoms with Crippen molar-refractivity contribution in [3.05, 3.63) is 228 Å². The van der Waals surface area contributed by atoms with Crippen LogP contribution in [0.1, 0.15) is 54.3 Å². The Morgan fingerprint density at radius 3 is 1.91 bits per heavy atom. The van der Waals surface area contributed by atoms with E-state index in [0.717, 1.165) is 87.9 Å². The van der Waals surface area contributed by atoms with E-state index < -0.39 is 0 Å². The van der Waals surface area contributed by atoms with E-state index in [4.69, 9.17) is 9.40 Å². The van der Waals surface area contributed by atoms with Crippen LogP contribution in [-0.4, -0.2) is 19.9 Å². The van der Waals surface area contributed by atoms with Crippen LogP contribution in [0.25, 0.3) is 67.0 Å². The Morgan fingerprint density at radius 1 is 0.530 bits per heavy atom. The topological polar surface area (TPSA) is 64.7 Å². The number of rotatable bonds is 11. The summed E-state index contributed by atoms with van der Waals surface area (Å²) in [6.07, 6.45) is 10.5. The molecule has 66 heavy (non-hydrogen) atoms. The fourth-order valence-electron chi connectivity index (χ4n) is 8.38. The van der Waals surface area contributed by atoms with E-state index in [1.165, 1.54) is 38.9 Å². The van der Waals surface area contributed by atoms with Gasteiger partial charge in [-0.1, -0.05) is 123 Å². The summed E-state index contributed by atoms with van der Waals surface area (Å²) in [6.45, 7) is 8.70. The number of benzene rings is 5. The number of aromatic nitrogens is 4. The normalized spacial score (nSPS) is 11.2. The molecule has 10 rings (SSSR count). The minimum atomic E-state index is 0. The number of aryl methyl sites for hydroxylation is 5. The predicted molar refractivity (Wildman–Crippen MR) is 265 cm³/mol. The number of hydrogen-bond acceptors (Lipinski definition) is 5. The van der Waals surface area contributed by atoms with Gasteiger partial charge in [-0.15, -0.1) is 89.5 Å². The first-order valence-electron chi connectivity index (χ1n) is 22.4. The van der Waals surface area contributed by atoms with E-state index in [2.05, 4.69) is 151 Å². The molecule has 0 bridgehead atoms. The van der Waals surface area contributed by atoms with Gasteiger partial charge in [0.25, 0.3) is 0 Å². The molecule has 0 saturated heterocycles. The first-order chi connectivity index (χ1) is 31.7. The standard InChI is InChI=1S/C38H30N2.C22H21N2O.Ir/c1-2-12-33(13-3-1)38-26-21-30(28-40-38)20-23-32-11-5-7-15-36(32)35-14-6-4-10-31(35)22-17-29-18-24-34(25-19-29)37-16-8-9-27-39-37;1-14-8-9-17-16-6-5-7-18(20(16)25-21(17)24-14)19-12-15(10-11-23-19)13-22(2,3)4;/h1-12,14-16,18-19,21,24,26-28H,17,20,22-23H2;5-6,8-12H,13H2,1-4H3;/q-2;-1;+3. The van der Waals surface area contributed by atoms with Gasteiger partial charge in [-0.05, 0) is 107 Å². The van der Waals surface area contributed by atoms with E-state index in [1.54, 1.807) is 0 Å². The van der Waals surface area contributed by atoms with Crippen LogP contribution in [0.3, 0.4) is 0 Å². The first-order valence-corrected chi connectivity index (χ1v) is 22.4. The molecule has 0 aliphatic carbocycles. The van der Waals surface area contributed by atoms with Crippen LogP contribution in [0.4, 0.5) is 0 Å². The Bertz CT molecular complexity index is 3030. The largest absolute Gasteiger partial charge is 3.00 e. The van der Waals surface area contributed by atoms with Crippen LogP contribution in [0.2, 0.25) is 0 Å². The smallest absolute Gasteiger partial charge is 0.486 e. The minimum absolute atomic E-state index is 0. The maximum atomic E-state index is 6.08. The van der Waals surface area contributed by atoms with Crippen LogP contribution in [0, 0.1) is 30.5 Å². The van der Waals surface area contributed by atoms with Gasteiger partial charge in [0, 0.05) is 29.7 Å². The van der Waals surface area contributed by atoms with Crippen LogP contribution in [0.15, 0.2) is 181 Å². The number of nitrogens with zero attached hydrogens (tertiary/aromatic N) is 4. The van der Waals surface area contributed by atoms with Crippen molar-refractivity contribution in [2.75, 3.05) is 0 Å². The fourth-order valence-corrected chi connectivity index (χ4v) is 8.38. The van der Waals surface area contributed by atoms with Crippen molar-refractivity contribution < 1.29 is 24.5 Å². The van der Waals surface area contributed by atoms with Crippen molar-refractivity contribution in [3.8, 4) is 44.9 Å². The average molecular weight is 1040 g/mol. The zero-order valence-corrected chi connectivity index (χ0v) is 40.2. The molecule has 0 unspecified atom stereocenters. The quantitative estimate of drug-likeness (QED) is 0.121. The molecule has 0 saturated carbocycles. The maximum absolute atomic E-state index is 6.08. The molecule has 0 aliphatic rings. The van der Waals surface area contributed by atoms with Gasteiger partial charge in [-0.25, -0.2) is 4.98 Å². The average Bonchev–Trinajstić information content (AvgIpc) is 3.71. The molecule has 0 spiro atoms.